The Balaban J connectivity index is 1.76. The topological polar surface area (TPSA) is 133 Å². The van der Waals surface area contributed by atoms with Crippen molar-refractivity contribution >= 4 is 17.8 Å². The number of imide groups is 1. The maximum atomic E-state index is 12.9. The molecule has 1 atom stereocenters. The van der Waals surface area contributed by atoms with Gasteiger partial charge in [0.25, 0.3) is 17.6 Å². The summed E-state index contributed by atoms with van der Waals surface area (Å²) >= 11 is 0. The molecule has 0 aliphatic carbocycles. The molecule has 10 heteroatoms. The first-order valence-corrected chi connectivity index (χ1v) is 7.81. The third-order valence-electron chi connectivity index (χ3n) is 4.07. The van der Waals surface area contributed by atoms with Gasteiger partial charge in [0.05, 0.1) is 0 Å². The molecule has 2 heterocycles. The number of hydrogen-bond donors (Lipinski definition) is 2. The number of benzene rings is 1. The molecule has 4 amide bonds. The summed E-state index contributed by atoms with van der Waals surface area (Å²) in [5, 5.41) is 15.8. The summed E-state index contributed by atoms with van der Waals surface area (Å²) in [5.74, 6) is -1.30. The number of amides is 4. The van der Waals surface area contributed by atoms with Gasteiger partial charge in [0, 0.05) is 0 Å². The SMILES string of the molecule is CC[C@]1(c2ccccc2)NC(=O)N(NC(=O)Cn2cnc(C#N)n2)C1=O. The number of rotatable bonds is 5. The molecule has 1 saturated heterocycles. The normalized spacial score (nSPS) is 19.2. The van der Waals surface area contributed by atoms with Gasteiger partial charge in [0.15, 0.2) is 0 Å². The van der Waals surface area contributed by atoms with Gasteiger partial charge in [0.2, 0.25) is 0 Å². The number of hydrogen-bond acceptors (Lipinski definition) is 6. The first kappa shape index (κ1) is 17.1. The fourth-order valence-electron chi connectivity index (χ4n) is 2.77. The molecule has 132 valence electrons. The summed E-state index contributed by atoms with van der Waals surface area (Å²) < 4.78 is 1.14. The second-order valence-corrected chi connectivity index (χ2v) is 5.61. The largest absolute Gasteiger partial charge is 0.344 e. The van der Waals surface area contributed by atoms with Crippen molar-refractivity contribution in [1.82, 2.24) is 30.5 Å². The summed E-state index contributed by atoms with van der Waals surface area (Å²) in [6.45, 7) is 1.48. The lowest BCUT2D eigenvalue weighted by molar-refractivity contribution is -0.139. The molecule has 0 bridgehead atoms. The van der Waals surface area contributed by atoms with Crippen molar-refractivity contribution in [3.05, 3.63) is 48.0 Å². The summed E-state index contributed by atoms with van der Waals surface area (Å²) in [7, 11) is 0. The molecule has 26 heavy (non-hydrogen) atoms. The molecule has 3 rings (SSSR count). The predicted molar refractivity (Wildman–Crippen MR) is 86.7 cm³/mol. The molecular formula is C16H15N7O3. The van der Waals surface area contributed by atoms with Crippen molar-refractivity contribution in [2.75, 3.05) is 0 Å². The van der Waals surface area contributed by atoms with Gasteiger partial charge < -0.3 is 5.32 Å². The van der Waals surface area contributed by atoms with Crippen molar-refractivity contribution < 1.29 is 14.4 Å². The van der Waals surface area contributed by atoms with Crippen LogP contribution in [0.4, 0.5) is 4.79 Å². The Morgan fingerprint density at radius 1 is 1.35 bits per heavy atom. The fourth-order valence-corrected chi connectivity index (χ4v) is 2.77. The summed E-state index contributed by atoms with van der Waals surface area (Å²) in [4.78, 5) is 40.9. The van der Waals surface area contributed by atoms with Crippen LogP contribution in [-0.2, 0) is 21.7 Å². The van der Waals surface area contributed by atoms with Crippen molar-refractivity contribution in [2.24, 2.45) is 0 Å². The lowest BCUT2D eigenvalue weighted by Gasteiger charge is -2.25. The van der Waals surface area contributed by atoms with Gasteiger partial charge in [-0.25, -0.2) is 14.5 Å². The second kappa shape index (κ2) is 6.64. The minimum absolute atomic E-state index is 0.0816. The molecule has 1 aromatic heterocycles. The average molecular weight is 353 g/mol. The van der Waals surface area contributed by atoms with Crippen LogP contribution in [0.3, 0.4) is 0 Å². The van der Waals surface area contributed by atoms with E-state index in [0.717, 1.165) is 4.68 Å². The van der Waals surface area contributed by atoms with Gasteiger partial charge in [-0.1, -0.05) is 37.3 Å². The van der Waals surface area contributed by atoms with Gasteiger partial charge >= 0.3 is 6.03 Å². The number of carbonyl (C=O) groups is 3. The molecule has 10 nitrogen and oxygen atoms in total. The molecule has 0 spiro atoms. The van der Waals surface area contributed by atoms with Crippen LogP contribution in [0.25, 0.3) is 0 Å². The van der Waals surface area contributed by atoms with Crippen LogP contribution in [0, 0.1) is 11.3 Å². The Labute approximate surface area is 148 Å². The van der Waals surface area contributed by atoms with Crippen molar-refractivity contribution in [1.29, 1.82) is 5.26 Å². The van der Waals surface area contributed by atoms with Crippen molar-refractivity contribution in [3.8, 4) is 6.07 Å². The van der Waals surface area contributed by atoms with E-state index in [0.29, 0.717) is 17.0 Å². The highest BCUT2D eigenvalue weighted by Gasteiger charge is 2.52. The summed E-state index contributed by atoms with van der Waals surface area (Å²) in [5.41, 5.74) is 1.68. The highest BCUT2D eigenvalue weighted by Crippen LogP contribution is 2.31. The van der Waals surface area contributed by atoms with E-state index in [-0.39, 0.29) is 12.4 Å². The zero-order valence-electron chi connectivity index (χ0n) is 13.8. The molecule has 1 aliphatic rings. The van der Waals surface area contributed by atoms with Crippen LogP contribution in [0.1, 0.15) is 24.7 Å². The highest BCUT2D eigenvalue weighted by atomic mass is 16.2. The number of nitriles is 1. The lowest BCUT2D eigenvalue weighted by atomic mass is 9.87. The molecule has 1 fully saturated rings. The fraction of sp³-hybridized carbons (Fsp3) is 0.250. The van der Waals surface area contributed by atoms with Crippen LogP contribution in [-0.4, -0.2) is 37.6 Å². The van der Waals surface area contributed by atoms with Crippen molar-refractivity contribution in [3.63, 3.8) is 0 Å². The van der Waals surface area contributed by atoms with E-state index in [1.165, 1.54) is 6.33 Å². The zero-order valence-corrected chi connectivity index (χ0v) is 13.8. The van der Waals surface area contributed by atoms with Gasteiger partial charge in [-0.3, -0.25) is 15.0 Å². The number of hydrazine groups is 1. The van der Waals surface area contributed by atoms with Gasteiger partial charge in [-0.2, -0.15) is 10.3 Å². The van der Waals surface area contributed by atoms with Gasteiger partial charge in [0.1, 0.15) is 24.5 Å². The lowest BCUT2D eigenvalue weighted by Crippen LogP contribution is -2.49. The maximum Gasteiger partial charge on any atom is 0.344 e. The van der Waals surface area contributed by atoms with E-state index in [9.17, 15) is 14.4 Å². The van der Waals surface area contributed by atoms with Crippen LogP contribution < -0.4 is 10.7 Å². The Hall–Kier alpha value is -3.74. The minimum Gasteiger partial charge on any atom is -0.318 e. The highest BCUT2D eigenvalue weighted by molar-refractivity contribution is 6.08. The molecule has 0 radical (unpaired) electrons. The first-order valence-electron chi connectivity index (χ1n) is 7.81. The van der Waals surface area contributed by atoms with E-state index in [1.807, 2.05) is 0 Å². The molecule has 0 saturated carbocycles. The molecular weight excluding hydrogens is 338 g/mol. The number of nitrogens with one attached hydrogen (secondary N) is 2. The van der Waals surface area contributed by atoms with E-state index >= 15 is 0 Å². The Morgan fingerprint density at radius 2 is 2.08 bits per heavy atom. The van der Waals surface area contributed by atoms with Crippen LogP contribution in [0.15, 0.2) is 36.7 Å². The minimum atomic E-state index is -1.23. The van der Waals surface area contributed by atoms with Crippen LogP contribution in [0.5, 0.6) is 0 Å². The monoisotopic (exact) mass is 353 g/mol. The molecule has 1 aliphatic heterocycles. The predicted octanol–water partition coefficient (Wildman–Crippen LogP) is 0.0383. The summed E-state index contributed by atoms with van der Waals surface area (Å²) in [6.07, 6.45) is 1.53. The maximum absolute atomic E-state index is 12.9. The van der Waals surface area contributed by atoms with Crippen molar-refractivity contribution in [2.45, 2.75) is 25.4 Å². The first-order chi connectivity index (χ1) is 12.5. The van der Waals surface area contributed by atoms with E-state index < -0.39 is 23.4 Å². The Bertz CT molecular complexity index is 902. The number of aromatic nitrogens is 3. The molecule has 2 aromatic rings. The number of carbonyl (C=O) groups excluding carboxylic acids is 3. The third kappa shape index (κ3) is 2.86. The van der Waals surface area contributed by atoms with Crippen LogP contribution >= 0.6 is 0 Å². The average Bonchev–Trinajstić information content (AvgIpc) is 3.20. The molecule has 1 aromatic carbocycles. The Kier molecular flexibility index (Phi) is 4.36. The standard InChI is InChI=1S/C16H15N7O3/c1-2-16(11-6-4-3-5-7-11)14(25)23(15(26)19-16)21-13(24)9-22-10-18-12(8-17)20-22/h3-7,10H,2,9H2,1H3,(H,19,26)(H,21,24)/t16-/m1/s1. The number of urea groups is 1. The van der Waals surface area contributed by atoms with Gasteiger partial charge in [-0.05, 0) is 12.0 Å². The van der Waals surface area contributed by atoms with E-state index in [2.05, 4.69) is 20.8 Å². The number of nitrogens with zero attached hydrogens (tertiary/aromatic N) is 5. The smallest absolute Gasteiger partial charge is 0.318 e. The second-order valence-electron chi connectivity index (χ2n) is 5.61. The summed E-state index contributed by atoms with van der Waals surface area (Å²) in [6, 6.07) is 9.85. The quantitative estimate of drug-likeness (QED) is 0.729. The van der Waals surface area contributed by atoms with Gasteiger partial charge in [-0.15, -0.1) is 5.10 Å². The third-order valence-corrected chi connectivity index (χ3v) is 4.07. The van der Waals surface area contributed by atoms with E-state index in [1.54, 1.807) is 43.3 Å². The van der Waals surface area contributed by atoms with E-state index in [4.69, 9.17) is 5.26 Å². The Morgan fingerprint density at radius 3 is 2.69 bits per heavy atom. The van der Waals surface area contributed by atoms with Crippen LogP contribution in [0.2, 0.25) is 0 Å². The molecule has 0 unspecified atom stereocenters. The zero-order chi connectivity index (χ0) is 18.7. The molecule has 2 N–H and O–H groups in total.